The van der Waals surface area contributed by atoms with Crippen molar-refractivity contribution >= 4 is 27.3 Å². The predicted molar refractivity (Wildman–Crippen MR) is 76.7 cm³/mol. The standard InChI is InChI=1S/C12H15ClN2O5S/c13-9-1-2-11(10(7-9)15(17)18)21(19,20)14-8-12(3-4-12)5-6-16/h1-2,7,14,16H,3-6,8H2. The molecule has 0 unspecified atom stereocenters. The van der Waals surface area contributed by atoms with E-state index < -0.39 is 25.5 Å². The van der Waals surface area contributed by atoms with Crippen molar-refractivity contribution in [3.8, 4) is 0 Å². The lowest BCUT2D eigenvalue weighted by Crippen LogP contribution is -2.31. The van der Waals surface area contributed by atoms with Crippen LogP contribution in [0.2, 0.25) is 5.02 Å². The third kappa shape index (κ3) is 3.70. The van der Waals surface area contributed by atoms with Crippen LogP contribution in [0.5, 0.6) is 0 Å². The van der Waals surface area contributed by atoms with Crippen LogP contribution in [0.25, 0.3) is 0 Å². The van der Waals surface area contributed by atoms with E-state index in [0.717, 1.165) is 25.0 Å². The highest BCUT2D eigenvalue weighted by Gasteiger charge is 2.43. The maximum atomic E-state index is 12.2. The highest BCUT2D eigenvalue weighted by molar-refractivity contribution is 7.89. The first-order valence-corrected chi connectivity index (χ1v) is 8.20. The molecule has 7 nitrogen and oxygen atoms in total. The van der Waals surface area contributed by atoms with Gasteiger partial charge in [0.1, 0.15) is 0 Å². The van der Waals surface area contributed by atoms with E-state index >= 15 is 0 Å². The number of benzene rings is 1. The minimum Gasteiger partial charge on any atom is -0.396 e. The number of hydrogen-bond donors (Lipinski definition) is 2. The van der Waals surface area contributed by atoms with Gasteiger partial charge in [-0.15, -0.1) is 0 Å². The van der Waals surface area contributed by atoms with Crippen molar-refractivity contribution in [2.45, 2.75) is 24.2 Å². The molecule has 0 saturated heterocycles. The first-order valence-electron chi connectivity index (χ1n) is 6.34. The maximum absolute atomic E-state index is 12.2. The summed E-state index contributed by atoms with van der Waals surface area (Å²) in [6, 6.07) is 3.43. The number of sulfonamides is 1. The van der Waals surface area contributed by atoms with Gasteiger partial charge in [-0.3, -0.25) is 10.1 Å². The average Bonchev–Trinajstić information content (AvgIpc) is 3.17. The second-order valence-corrected chi connectivity index (χ2v) is 7.34. The van der Waals surface area contributed by atoms with Crippen LogP contribution in [0.4, 0.5) is 5.69 Å². The number of nitro benzene ring substituents is 1. The number of aliphatic hydroxyl groups excluding tert-OH is 1. The van der Waals surface area contributed by atoms with Crippen molar-refractivity contribution in [1.82, 2.24) is 4.72 Å². The summed E-state index contributed by atoms with van der Waals surface area (Å²) in [6.45, 7) is 0.151. The van der Waals surface area contributed by atoms with Crippen molar-refractivity contribution in [2.75, 3.05) is 13.2 Å². The van der Waals surface area contributed by atoms with Gasteiger partial charge in [0.2, 0.25) is 10.0 Å². The van der Waals surface area contributed by atoms with Gasteiger partial charge in [0.25, 0.3) is 5.69 Å². The normalized spacial score (nSPS) is 16.7. The Morgan fingerprint density at radius 2 is 2.10 bits per heavy atom. The quantitative estimate of drug-likeness (QED) is 0.582. The lowest BCUT2D eigenvalue weighted by atomic mass is 10.0. The second-order valence-electron chi connectivity index (χ2n) is 5.17. The van der Waals surface area contributed by atoms with Gasteiger partial charge in [0.15, 0.2) is 4.90 Å². The Balaban J connectivity index is 2.22. The minimum absolute atomic E-state index is 0.0111. The fraction of sp³-hybridized carbons (Fsp3) is 0.500. The van der Waals surface area contributed by atoms with Crippen molar-refractivity contribution < 1.29 is 18.4 Å². The smallest absolute Gasteiger partial charge is 0.290 e. The molecular weight excluding hydrogens is 320 g/mol. The highest BCUT2D eigenvalue weighted by atomic mass is 35.5. The summed E-state index contributed by atoms with van der Waals surface area (Å²) >= 11 is 5.66. The second kappa shape index (κ2) is 5.88. The van der Waals surface area contributed by atoms with Crippen molar-refractivity contribution in [3.63, 3.8) is 0 Å². The largest absolute Gasteiger partial charge is 0.396 e. The summed E-state index contributed by atoms with van der Waals surface area (Å²) in [5.41, 5.74) is -0.773. The van der Waals surface area contributed by atoms with Crippen LogP contribution in [0.1, 0.15) is 19.3 Å². The summed E-state index contributed by atoms with van der Waals surface area (Å²) in [6.07, 6.45) is 2.18. The maximum Gasteiger partial charge on any atom is 0.290 e. The van der Waals surface area contributed by atoms with Gasteiger partial charge in [-0.1, -0.05) is 11.6 Å². The third-order valence-electron chi connectivity index (χ3n) is 3.64. The number of nitrogens with zero attached hydrogens (tertiary/aromatic N) is 1. The zero-order valence-corrected chi connectivity index (χ0v) is 12.7. The molecule has 0 aromatic heterocycles. The molecule has 0 spiro atoms. The van der Waals surface area contributed by atoms with Crippen molar-refractivity contribution in [1.29, 1.82) is 0 Å². The molecule has 0 amide bonds. The molecule has 116 valence electrons. The van der Waals surface area contributed by atoms with Crippen molar-refractivity contribution in [3.05, 3.63) is 33.3 Å². The van der Waals surface area contributed by atoms with E-state index in [0.29, 0.717) is 6.42 Å². The summed E-state index contributed by atoms with van der Waals surface area (Å²) in [5.74, 6) is 0. The van der Waals surface area contributed by atoms with Crippen LogP contribution in [0, 0.1) is 15.5 Å². The summed E-state index contributed by atoms with van der Waals surface area (Å²) < 4.78 is 26.8. The third-order valence-corrected chi connectivity index (χ3v) is 5.33. The van der Waals surface area contributed by atoms with E-state index in [1.165, 1.54) is 6.07 Å². The zero-order valence-electron chi connectivity index (χ0n) is 11.1. The number of nitro groups is 1. The Morgan fingerprint density at radius 3 is 2.62 bits per heavy atom. The van der Waals surface area contributed by atoms with Crippen LogP contribution >= 0.6 is 11.6 Å². The zero-order chi connectivity index (χ0) is 15.7. The Morgan fingerprint density at radius 1 is 1.43 bits per heavy atom. The molecule has 1 aliphatic rings. The molecule has 1 fully saturated rings. The molecule has 2 N–H and O–H groups in total. The van der Waals surface area contributed by atoms with Crippen LogP contribution in [0.15, 0.2) is 23.1 Å². The molecule has 2 rings (SSSR count). The number of rotatable bonds is 7. The Hall–Kier alpha value is -1.22. The first kappa shape index (κ1) is 16.2. The lowest BCUT2D eigenvalue weighted by molar-refractivity contribution is -0.387. The van der Waals surface area contributed by atoms with Gasteiger partial charge in [-0.2, -0.15) is 0 Å². The van der Waals surface area contributed by atoms with Crippen LogP contribution in [-0.2, 0) is 10.0 Å². The lowest BCUT2D eigenvalue weighted by Gasteiger charge is -2.14. The SMILES string of the molecule is O=[N+]([O-])c1cc(Cl)ccc1S(=O)(=O)NCC1(CCO)CC1. The summed E-state index contributed by atoms with van der Waals surface area (Å²) in [5, 5.41) is 20.0. The monoisotopic (exact) mass is 334 g/mol. The number of aliphatic hydroxyl groups is 1. The van der Waals surface area contributed by atoms with Gasteiger partial charge >= 0.3 is 0 Å². The van der Waals surface area contributed by atoms with E-state index in [9.17, 15) is 18.5 Å². The Labute approximate surface area is 127 Å². The molecule has 0 radical (unpaired) electrons. The topological polar surface area (TPSA) is 110 Å². The fourth-order valence-electron chi connectivity index (χ4n) is 2.12. The molecule has 0 atom stereocenters. The average molecular weight is 335 g/mol. The Bertz CT molecular complexity index is 658. The minimum atomic E-state index is -4.00. The number of halogens is 1. The predicted octanol–water partition coefficient (Wildman–Crippen LogP) is 1.69. The van der Waals surface area contributed by atoms with E-state index in [1.54, 1.807) is 0 Å². The number of hydrogen-bond acceptors (Lipinski definition) is 5. The molecule has 9 heteroatoms. The van der Waals surface area contributed by atoms with E-state index in [1.807, 2.05) is 0 Å². The van der Waals surface area contributed by atoms with Crippen LogP contribution in [0.3, 0.4) is 0 Å². The molecule has 1 saturated carbocycles. The molecule has 1 aromatic rings. The fourth-order valence-corrected chi connectivity index (χ4v) is 3.59. The number of nitrogens with one attached hydrogen (secondary N) is 1. The molecule has 0 aliphatic heterocycles. The van der Waals surface area contributed by atoms with Crippen molar-refractivity contribution in [2.24, 2.45) is 5.41 Å². The summed E-state index contributed by atoms with van der Waals surface area (Å²) in [7, 11) is -4.00. The van der Waals surface area contributed by atoms with Gasteiger partial charge in [0, 0.05) is 24.2 Å². The molecule has 0 bridgehead atoms. The Kier molecular flexibility index (Phi) is 4.52. The van der Waals surface area contributed by atoms with Crippen LogP contribution < -0.4 is 4.72 Å². The highest BCUT2D eigenvalue weighted by Crippen LogP contribution is 2.48. The van der Waals surface area contributed by atoms with Gasteiger partial charge in [-0.25, -0.2) is 13.1 Å². The molecule has 21 heavy (non-hydrogen) atoms. The van der Waals surface area contributed by atoms with Gasteiger partial charge < -0.3 is 5.11 Å². The van der Waals surface area contributed by atoms with E-state index in [2.05, 4.69) is 4.72 Å². The summed E-state index contributed by atoms with van der Waals surface area (Å²) in [4.78, 5) is 9.78. The molecule has 1 aromatic carbocycles. The molecular formula is C12H15ClN2O5S. The van der Waals surface area contributed by atoms with Gasteiger partial charge in [-0.05, 0) is 36.8 Å². The van der Waals surface area contributed by atoms with Gasteiger partial charge in [0.05, 0.1) is 4.92 Å². The molecule has 1 aliphatic carbocycles. The molecule has 0 heterocycles. The van der Waals surface area contributed by atoms with E-state index in [4.69, 9.17) is 16.7 Å². The van der Waals surface area contributed by atoms with Crippen LogP contribution in [-0.4, -0.2) is 31.6 Å². The first-order chi connectivity index (χ1) is 9.80. The van der Waals surface area contributed by atoms with E-state index in [-0.39, 0.29) is 23.6 Å².